The van der Waals surface area contributed by atoms with Crippen molar-refractivity contribution in [2.75, 3.05) is 24.6 Å². The first-order valence-corrected chi connectivity index (χ1v) is 14.4. The fourth-order valence-electron chi connectivity index (χ4n) is 7.19. The second kappa shape index (κ2) is 10.1. The number of hydrogen-bond donors (Lipinski definition) is 1. The van der Waals surface area contributed by atoms with Gasteiger partial charge in [-0.1, -0.05) is 78.4 Å². The van der Waals surface area contributed by atoms with E-state index in [9.17, 15) is 19.5 Å². The standard InChI is InChI=1S/C32H34ClN3O5/c1-20-10-7-13-23(33)26(20)35-17-9-15-32-25(29(39)36(21(2)19-37)27(32)30(35)40)24-28(38)34(16-8-14-31(24,3)41-32)18-22-11-5-4-6-12-22/h4-15,21,24-25,27,37H,16-19H2,1-3H3/t21-,24+,25+,27?,31-,32+/m1/s1. The summed E-state index contributed by atoms with van der Waals surface area (Å²) in [4.78, 5) is 48.1. The number of hydrogen-bond acceptors (Lipinski definition) is 5. The number of carbonyl (C=O) groups excluding carboxylic acids is 3. The zero-order chi connectivity index (χ0) is 29.1. The number of halogens is 1. The number of benzene rings is 2. The molecule has 0 radical (unpaired) electrons. The number of rotatable bonds is 5. The zero-order valence-electron chi connectivity index (χ0n) is 23.4. The summed E-state index contributed by atoms with van der Waals surface area (Å²) in [6.45, 7) is 6.06. The van der Waals surface area contributed by atoms with Crippen LogP contribution in [0.25, 0.3) is 0 Å². The van der Waals surface area contributed by atoms with Crippen LogP contribution in [0.4, 0.5) is 5.69 Å². The highest BCUT2D eigenvalue weighted by molar-refractivity contribution is 6.34. The largest absolute Gasteiger partial charge is 0.394 e. The van der Waals surface area contributed by atoms with Crippen molar-refractivity contribution in [2.45, 2.75) is 50.6 Å². The van der Waals surface area contributed by atoms with Crippen LogP contribution in [-0.4, -0.2) is 75.6 Å². The Labute approximate surface area is 244 Å². The van der Waals surface area contributed by atoms with Gasteiger partial charge in [0.2, 0.25) is 11.8 Å². The second-order valence-electron chi connectivity index (χ2n) is 11.6. The molecule has 4 aliphatic rings. The Hall–Kier alpha value is -3.46. The fourth-order valence-corrected chi connectivity index (χ4v) is 7.51. The van der Waals surface area contributed by atoms with Gasteiger partial charge in [-0.2, -0.15) is 0 Å². The molecule has 6 atom stereocenters. The lowest BCUT2D eigenvalue weighted by molar-refractivity contribution is -0.151. The second-order valence-corrected chi connectivity index (χ2v) is 12.0. The highest BCUT2D eigenvalue weighted by Gasteiger charge is 2.75. The average molecular weight is 576 g/mol. The predicted octanol–water partition coefficient (Wildman–Crippen LogP) is 3.50. The van der Waals surface area contributed by atoms with Gasteiger partial charge >= 0.3 is 0 Å². The van der Waals surface area contributed by atoms with E-state index in [1.807, 2.05) is 74.5 Å². The number of amides is 3. The van der Waals surface area contributed by atoms with Crippen LogP contribution in [0, 0.1) is 18.8 Å². The number of carbonyl (C=O) groups is 3. The molecule has 9 heteroatoms. The minimum Gasteiger partial charge on any atom is -0.394 e. The third kappa shape index (κ3) is 4.15. The predicted molar refractivity (Wildman–Crippen MR) is 155 cm³/mol. The van der Waals surface area contributed by atoms with Crippen LogP contribution in [0.1, 0.15) is 25.0 Å². The quantitative estimate of drug-likeness (QED) is 0.551. The Balaban J connectivity index is 1.46. The van der Waals surface area contributed by atoms with E-state index in [4.69, 9.17) is 16.3 Å². The summed E-state index contributed by atoms with van der Waals surface area (Å²) >= 11 is 6.60. The van der Waals surface area contributed by atoms with Crippen molar-refractivity contribution in [3.8, 4) is 0 Å². The van der Waals surface area contributed by atoms with Gasteiger partial charge in [-0.25, -0.2) is 0 Å². The van der Waals surface area contributed by atoms with Crippen LogP contribution in [0.2, 0.25) is 5.02 Å². The number of aryl methyl sites for hydroxylation is 1. The Morgan fingerprint density at radius 3 is 2.41 bits per heavy atom. The summed E-state index contributed by atoms with van der Waals surface area (Å²) in [6.07, 6.45) is 7.42. The molecule has 2 saturated heterocycles. The molecule has 4 heterocycles. The van der Waals surface area contributed by atoms with Gasteiger partial charge in [0.15, 0.2) is 0 Å². The number of anilines is 1. The molecule has 6 rings (SSSR count). The molecule has 2 fully saturated rings. The highest BCUT2D eigenvalue weighted by atomic mass is 35.5. The molecule has 8 nitrogen and oxygen atoms in total. The lowest BCUT2D eigenvalue weighted by atomic mass is 9.74. The van der Waals surface area contributed by atoms with E-state index in [-0.39, 0.29) is 30.9 Å². The van der Waals surface area contributed by atoms with Crippen molar-refractivity contribution in [2.24, 2.45) is 11.8 Å². The van der Waals surface area contributed by atoms with Gasteiger partial charge in [-0.3, -0.25) is 14.4 Å². The van der Waals surface area contributed by atoms with Crippen molar-refractivity contribution in [1.82, 2.24) is 9.80 Å². The van der Waals surface area contributed by atoms with Gasteiger partial charge in [0, 0.05) is 19.6 Å². The molecule has 4 aliphatic heterocycles. The number of aliphatic hydroxyl groups is 1. The van der Waals surface area contributed by atoms with E-state index in [1.165, 1.54) is 4.90 Å². The van der Waals surface area contributed by atoms with Crippen LogP contribution >= 0.6 is 11.6 Å². The van der Waals surface area contributed by atoms with E-state index in [0.717, 1.165) is 11.1 Å². The summed E-state index contributed by atoms with van der Waals surface area (Å²) in [5, 5.41) is 10.6. The highest BCUT2D eigenvalue weighted by Crippen LogP contribution is 2.58. The van der Waals surface area contributed by atoms with E-state index >= 15 is 0 Å². The maximum Gasteiger partial charge on any atom is 0.253 e. The first-order valence-electron chi connectivity index (χ1n) is 14.0. The molecule has 1 unspecified atom stereocenters. The Morgan fingerprint density at radius 2 is 1.71 bits per heavy atom. The summed E-state index contributed by atoms with van der Waals surface area (Å²) < 4.78 is 6.86. The SMILES string of the molecule is Cc1cccc(Cl)c1N1CC=C[C@]23O[C@]4(C)C=CCN(Cc5ccccc5)C(=O)[C@@H]4[C@H]2C(=O)N([C@H](C)CO)C3C1=O. The number of nitrogens with zero attached hydrogens (tertiary/aromatic N) is 3. The van der Waals surface area contributed by atoms with E-state index in [1.54, 1.807) is 28.9 Å². The monoisotopic (exact) mass is 575 g/mol. The zero-order valence-corrected chi connectivity index (χ0v) is 24.1. The summed E-state index contributed by atoms with van der Waals surface area (Å²) in [6, 6.07) is 13.4. The molecule has 2 aromatic carbocycles. The topological polar surface area (TPSA) is 90.4 Å². The number of para-hydroxylation sites is 1. The van der Waals surface area contributed by atoms with Crippen molar-refractivity contribution < 1.29 is 24.2 Å². The smallest absolute Gasteiger partial charge is 0.253 e. The molecule has 1 N–H and O–H groups in total. The minimum atomic E-state index is -1.41. The van der Waals surface area contributed by atoms with E-state index in [2.05, 4.69) is 0 Å². The molecule has 0 bridgehead atoms. The lowest BCUT2D eigenvalue weighted by Crippen LogP contribution is -2.58. The van der Waals surface area contributed by atoms with Crippen LogP contribution in [0.3, 0.4) is 0 Å². The molecule has 3 amide bonds. The maximum absolute atomic E-state index is 14.6. The normalized spacial score (nSPS) is 31.6. The lowest BCUT2D eigenvalue weighted by Gasteiger charge is -2.39. The number of ether oxygens (including phenoxy) is 1. The number of likely N-dealkylation sites (tertiary alicyclic amines) is 1. The molecular formula is C32H34ClN3O5. The Kier molecular flexibility index (Phi) is 6.83. The van der Waals surface area contributed by atoms with Crippen LogP contribution in [0.15, 0.2) is 72.8 Å². The third-order valence-corrected chi connectivity index (χ3v) is 9.30. The van der Waals surface area contributed by atoms with Gasteiger partial charge in [0.05, 0.1) is 40.8 Å². The van der Waals surface area contributed by atoms with Crippen LogP contribution in [-0.2, 0) is 25.7 Å². The molecule has 41 heavy (non-hydrogen) atoms. The van der Waals surface area contributed by atoms with E-state index < -0.39 is 35.1 Å². The number of fused-ring (bicyclic) bond motifs is 2. The van der Waals surface area contributed by atoms with Gasteiger partial charge in [-0.05, 0) is 38.0 Å². The molecule has 1 spiro atoms. The van der Waals surface area contributed by atoms with Gasteiger partial charge in [-0.15, -0.1) is 0 Å². The Morgan fingerprint density at radius 1 is 0.976 bits per heavy atom. The molecule has 0 saturated carbocycles. The summed E-state index contributed by atoms with van der Waals surface area (Å²) in [5.74, 6) is -2.74. The van der Waals surface area contributed by atoms with Crippen LogP contribution < -0.4 is 4.90 Å². The molecule has 2 aromatic rings. The molecule has 0 aromatic heterocycles. The Bertz CT molecular complexity index is 1440. The van der Waals surface area contributed by atoms with Gasteiger partial charge in [0.25, 0.3) is 5.91 Å². The maximum atomic E-state index is 14.6. The van der Waals surface area contributed by atoms with Gasteiger partial charge in [0.1, 0.15) is 11.6 Å². The number of aliphatic hydroxyl groups excluding tert-OH is 1. The fraction of sp³-hybridized carbons (Fsp3) is 0.406. The van der Waals surface area contributed by atoms with E-state index in [0.29, 0.717) is 23.8 Å². The van der Waals surface area contributed by atoms with Gasteiger partial charge < -0.3 is 24.5 Å². The average Bonchev–Trinajstić information content (AvgIpc) is 3.23. The van der Waals surface area contributed by atoms with Crippen molar-refractivity contribution in [1.29, 1.82) is 0 Å². The minimum absolute atomic E-state index is 0.197. The molecular weight excluding hydrogens is 542 g/mol. The summed E-state index contributed by atoms with van der Waals surface area (Å²) in [5.41, 5.74) is -0.159. The summed E-state index contributed by atoms with van der Waals surface area (Å²) in [7, 11) is 0. The third-order valence-electron chi connectivity index (χ3n) is 8.99. The van der Waals surface area contributed by atoms with Crippen molar-refractivity contribution in [3.05, 3.63) is 89.0 Å². The van der Waals surface area contributed by atoms with Crippen molar-refractivity contribution in [3.63, 3.8) is 0 Å². The molecule has 214 valence electrons. The van der Waals surface area contributed by atoms with Crippen molar-refractivity contribution >= 4 is 35.0 Å². The first kappa shape index (κ1) is 27.7. The molecule has 0 aliphatic carbocycles. The first-order chi connectivity index (χ1) is 19.6. The van der Waals surface area contributed by atoms with Crippen LogP contribution in [0.5, 0.6) is 0 Å².